The summed E-state index contributed by atoms with van der Waals surface area (Å²) < 4.78 is 10.6. The molecule has 8 heteroatoms. The molecule has 1 atom stereocenters. The van der Waals surface area contributed by atoms with Crippen LogP contribution >= 0.6 is 12.4 Å². The van der Waals surface area contributed by atoms with Crippen LogP contribution in [0.4, 0.5) is 0 Å². The lowest BCUT2D eigenvalue weighted by molar-refractivity contribution is 0.0631. The Morgan fingerprint density at radius 2 is 2.11 bits per heavy atom. The molecule has 1 saturated heterocycles. The van der Waals surface area contributed by atoms with Crippen molar-refractivity contribution in [1.29, 1.82) is 0 Å². The third-order valence-corrected chi connectivity index (χ3v) is 4.80. The predicted octanol–water partition coefficient (Wildman–Crippen LogP) is 3.54. The van der Waals surface area contributed by atoms with Gasteiger partial charge in [-0.3, -0.25) is 9.78 Å². The van der Waals surface area contributed by atoms with Crippen LogP contribution in [-0.2, 0) is 6.54 Å². The molecule has 0 saturated carbocycles. The zero-order chi connectivity index (χ0) is 18.5. The van der Waals surface area contributed by atoms with Gasteiger partial charge in [0.15, 0.2) is 11.5 Å². The molecule has 0 aliphatic carbocycles. The van der Waals surface area contributed by atoms with Gasteiger partial charge < -0.3 is 19.2 Å². The fourth-order valence-corrected chi connectivity index (χ4v) is 3.40. The number of amides is 1. The van der Waals surface area contributed by atoms with Gasteiger partial charge in [0.1, 0.15) is 0 Å². The minimum Gasteiger partial charge on any atom is -0.461 e. The molecule has 1 N–H and O–H groups in total. The number of halogens is 1. The van der Waals surface area contributed by atoms with Crippen LogP contribution in [0, 0.1) is 0 Å². The fraction of sp³-hybridized carbons (Fsp3) is 0.350. The predicted molar refractivity (Wildman–Crippen MR) is 106 cm³/mol. The summed E-state index contributed by atoms with van der Waals surface area (Å²) in [5, 5.41) is 7.39. The molecule has 4 rings (SSSR count). The van der Waals surface area contributed by atoms with Crippen molar-refractivity contribution in [3.63, 3.8) is 0 Å². The first-order valence-electron chi connectivity index (χ1n) is 9.23. The van der Waals surface area contributed by atoms with E-state index >= 15 is 0 Å². The SMILES string of the molecule is Cl.O=C(c1cc(-c2ccco2)on1)N(Cc1ccccn1)C1CCCNCC1. The van der Waals surface area contributed by atoms with Crippen molar-refractivity contribution in [3.8, 4) is 11.5 Å². The molecular weight excluding hydrogens is 380 g/mol. The zero-order valence-corrected chi connectivity index (χ0v) is 16.2. The Kier molecular flexibility index (Phi) is 6.84. The van der Waals surface area contributed by atoms with Crippen molar-refractivity contribution in [3.05, 3.63) is 60.2 Å². The summed E-state index contributed by atoms with van der Waals surface area (Å²) >= 11 is 0. The molecule has 3 aromatic heterocycles. The summed E-state index contributed by atoms with van der Waals surface area (Å²) in [6, 6.07) is 11.1. The van der Waals surface area contributed by atoms with Crippen LogP contribution in [0.5, 0.6) is 0 Å². The van der Waals surface area contributed by atoms with Crippen LogP contribution in [0.3, 0.4) is 0 Å². The maximum absolute atomic E-state index is 13.3. The fourth-order valence-electron chi connectivity index (χ4n) is 3.40. The van der Waals surface area contributed by atoms with Gasteiger partial charge in [-0.05, 0) is 56.6 Å². The number of aromatic nitrogens is 2. The molecule has 1 amide bonds. The smallest absolute Gasteiger partial charge is 0.276 e. The molecule has 0 spiro atoms. The maximum Gasteiger partial charge on any atom is 0.276 e. The van der Waals surface area contributed by atoms with Gasteiger partial charge in [-0.2, -0.15) is 0 Å². The van der Waals surface area contributed by atoms with Gasteiger partial charge in [0.25, 0.3) is 5.91 Å². The molecule has 7 nitrogen and oxygen atoms in total. The third kappa shape index (κ3) is 4.61. The quantitative estimate of drug-likeness (QED) is 0.702. The Hall–Kier alpha value is -2.64. The normalized spacial score (nSPS) is 16.8. The van der Waals surface area contributed by atoms with Crippen LogP contribution in [0.25, 0.3) is 11.5 Å². The molecule has 0 radical (unpaired) electrons. The number of rotatable bonds is 5. The molecule has 0 bridgehead atoms. The van der Waals surface area contributed by atoms with Crippen molar-refractivity contribution in [1.82, 2.24) is 20.4 Å². The minimum absolute atomic E-state index is 0. The van der Waals surface area contributed by atoms with Crippen LogP contribution < -0.4 is 5.32 Å². The number of hydrogen-bond acceptors (Lipinski definition) is 6. The van der Waals surface area contributed by atoms with Crippen molar-refractivity contribution >= 4 is 18.3 Å². The van der Waals surface area contributed by atoms with Gasteiger partial charge in [-0.15, -0.1) is 12.4 Å². The van der Waals surface area contributed by atoms with Crippen molar-refractivity contribution in [2.45, 2.75) is 31.8 Å². The molecule has 1 fully saturated rings. The van der Waals surface area contributed by atoms with Crippen molar-refractivity contribution in [2.75, 3.05) is 13.1 Å². The summed E-state index contributed by atoms with van der Waals surface area (Å²) in [7, 11) is 0. The number of hydrogen-bond donors (Lipinski definition) is 1. The van der Waals surface area contributed by atoms with Crippen LogP contribution in [0.1, 0.15) is 35.4 Å². The molecule has 28 heavy (non-hydrogen) atoms. The first-order valence-corrected chi connectivity index (χ1v) is 9.23. The first-order chi connectivity index (χ1) is 13.3. The van der Waals surface area contributed by atoms with E-state index in [4.69, 9.17) is 8.94 Å². The standard InChI is InChI=1S/C20H22N4O3.ClH/c25-20(17-13-19(27-23-17)18-7-4-12-26-18)24(14-15-5-1-2-10-22-15)16-6-3-9-21-11-8-16;/h1-2,4-5,7,10,12-13,16,21H,3,6,8-9,11,14H2;1H. The lowest BCUT2D eigenvalue weighted by Crippen LogP contribution is -2.40. The Morgan fingerprint density at radius 1 is 1.18 bits per heavy atom. The Morgan fingerprint density at radius 3 is 2.89 bits per heavy atom. The molecular formula is C20H23ClN4O3. The highest BCUT2D eigenvalue weighted by Gasteiger charge is 2.28. The maximum atomic E-state index is 13.3. The summed E-state index contributed by atoms with van der Waals surface area (Å²) in [5.74, 6) is 0.856. The van der Waals surface area contributed by atoms with E-state index in [2.05, 4.69) is 15.5 Å². The summed E-state index contributed by atoms with van der Waals surface area (Å²) in [6.07, 6.45) is 6.20. The highest BCUT2D eigenvalue weighted by molar-refractivity contribution is 5.93. The zero-order valence-electron chi connectivity index (χ0n) is 15.4. The van der Waals surface area contributed by atoms with E-state index in [0.717, 1.165) is 38.0 Å². The summed E-state index contributed by atoms with van der Waals surface area (Å²) in [5.41, 5.74) is 1.15. The van der Waals surface area contributed by atoms with Crippen molar-refractivity contribution in [2.24, 2.45) is 0 Å². The van der Waals surface area contributed by atoms with Gasteiger partial charge in [0.05, 0.1) is 18.5 Å². The summed E-state index contributed by atoms with van der Waals surface area (Å²) in [4.78, 5) is 19.5. The molecule has 0 aromatic carbocycles. The molecule has 1 unspecified atom stereocenters. The second-order valence-corrected chi connectivity index (χ2v) is 6.64. The monoisotopic (exact) mass is 402 g/mol. The molecule has 1 aliphatic rings. The van der Waals surface area contributed by atoms with E-state index < -0.39 is 0 Å². The van der Waals surface area contributed by atoms with E-state index in [0.29, 0.717) is 18.1 Å². The topological polar surface area (TPSA) is 84.4 Å². The second kappa shape index (κ2) is 9.52. The van der Waals surface area contributed by atoms with Crippen molar-refractivity contribution < 1.29 is 13.7 Å². The van der Waals surface area contributed by atoms with Gasteiger partial charge >= 0.3 is 0 Å². The molecule has 4 heterocycles. The van der Waals surface area contributed by atoms with E-state index in [9.17, 15) is 4.79 Å². The van der Waals surface area contributed by atoms with E-state index in [1.54, 1.807) is 30.7 Å². The average molecular weight is 403 g/mol. The van der Waals surface area contributed by atoms with Crippen LogP contribution in [0.15, 0.2) is 57.8 Å². The lowest BCUT2D eigenvalue weighted by Gasteiger charge is -2.30. The highest BCUT2D eigenvalue weighted by atomic mass is 35.5. The lowest BCUT2D eigenvalue weighted by atomic mass is 10.1. The number of pyridine rings is 1. The number of carbonyl (C=O) groups excluding carboxylic acids is 1. The minimum atomic E-state index is -0.144. The van der Waals surface area contributed by atoms with E-state index in [-0.39, 0.29) is 30.0 Å². The number of furan rings is 1. The Bertz CT molecular complexity index is 859. The Labute approximate surface area is 169 Å². The largest absolute Gasteiger partial charge is 0.461 e. The second-order valence-electron chi connectivity index (χ2n) is 6.64. The first kappa shape index (κ1) is 20.1. The highest BCUT2D eigenvalue weighted by Crippen LogP contribution is 2.23. The third-order valence-electron chi connectivity index (χ3n) is 4.80. The summed E-state index contributed by atoms with van der Waals surface area (Å²) in [6.45, 7) is 2.33. The van der Waals surface area contributed by atoms with Crippen LogP contribution in [0.2, 0.25) is 0 Å². The Balaban J connectivity index is 0.00000225. The number of nitrogens with one attached hydrogen (secondary N) is 1. The van der Waals surface area contributed by atoms with Gasteiger partial charge in [0, 0.05) is 18.3 Å². The van der Waals surface area contributed by atoms with Crippen LogP contribution in [-0.4, -0.2) is 40.1 Å². The number of nitrogens with zero attached hydrogens (tertiary/aromatic N) is 3. The van der Waals surface area contributed by atoms with E-state index in [1.807, 2.05) is 23.1 Å². The van der Waals surface area contributed by atoms with Gasteiger partial charge in [-0.1, -0.05) is 11.2 Å². The molecule has 3 aromatic rings. The molecule has 148 valence electrons. The average Bonchev–Trinajstić information content (AvgIpc) is 3.33. The van der Waals surface area contributed by atoms with Gasteiger partial charge in [0.2, 0.25) is 5.76 Å². The van der Waals surface area contributed by atoms with E-state index in [1.165, 1.54) is 0 Å². The molecule has 1 aliphatic heterocycles. The number of carbonyl (C=O) groups is 1. The van der Waals surface area contributed by atoms with Gasteiger partial charge in [-0.25, -0.2) is 0 Å².